The summed E-state index contributed by atoms with van der Waals surface area (Å²) in [6.45, 7) is 4.27. The predicted molar refractivity (Wildman–Crippen MR) is 41.7 cm³/mol. The van der Waals surface area contributed by atoms with Gasteiger partial charge in [-0.1, -0.05) is 20.3 Å². The van der Waals surface area contributed by atoms with Gasteiger partial charge in [-0.2, -0.15) is 0 Å². The lowest BCUT2D eigenvalue weighted by atomic mass is 9.77. The van der Waals surface area contributed by atoms with Crippen molar-refractivity contribution in [3.05, 3.63) is 0 Å². The van der Waals surface area contributed by atoms with Crippen LogP contribution < -0.4 is 0 Å². The first-order valence-corrected chi connectivity index (χ1v) is 4.37. The van der Waals surface area contributed by atoms with Gasteiger partial charge in [-0.15, -0.1) is 0 Å². The first kappa shape index (κ1) is 8.95. The van der Waals surface area contributed by atoms with E-state index in [9.17, 15) is 8.78 Å². The molecule has 0 aromatic carbocycles. The zero-order chi connectivity index (χ0) is 8.48. The Bertz CT molecular complexity index is 122. The second-order valence-electron chi connectivity index (χ2n) is 4.10. The van der Waals surface area contributed by atoms with E-state index in [2.05, 4.69) is 13.8 Å². The molecule has 0 spiro atoms. The lowest BCUT2D eigenvalue weighted by Gasteiger charge is -2.35. The number of hydrogen-bond donors (Lipinski definition) is 0. The molecule has 0 unspecified atom stereocenters. The highest BCUT2D eigenvalue weighted by atomic mass is 19.3. The normalized spacial score (nSPS) is 23.7. The van der Waals surface area contributed by atoms with E-state index in [1.165, 1.54) is 0 Å². The Labute approximate surface area is 67.0 Å². The molecular weight excluding hydrogens is 146 g/mol. The number of halogens is 2. The lowest BCUT2D eigenvalue weighted by Crippen LogP contribution is -2.35. The highest BCUT2D eigenvalue weighted by Crippen LogP contribution is 2.44. The van der Waals surface area contributed by atoms with Crippen molar-refractivity contribution in [2.24, 2.45) is 11.8 Å². The van der Waals surface area contributed by atoms with Crippen LogP contribution in [0.5, 0.6) is 0 Å². The summed E-state index contributed by atoms with van der Waals surface area (Å²) in [5.74, 6) is -1.35. The zero-order valence-electron chi connectivity index (χ0n) is 7.24. The van der Waals surface area contributed by atoms with Crippen molar-refractivity contribution in [3.63, 3.8) is 0 Å². The molecule has 1 fully saturated rings. The van der Waals surface area contributed by atoms with Gasteiger partial charge in [-0.05, 0) is 18.3 Å². The summed E-state index contributed by atoms with van der Waals surface area (Å²) in [5.41, 5.74) is 0. The van der Waals surface area contributed by atoms with Gasteiger partial charge in [0.1, 0.15) is 0 Å². The molecule has 0 aliphatic heterocycles. The standard InChI is InChI=1S/C9H16F2/c1-7(2)3-4-8-5-9(10,11)6-8/h7-8H,3-6H2,1-2H3. The minimum absolute atomic E-state index is 0.139. The van der Waals surface area contributed by atoms with Crippen LogP contribution in [0.4, 0.5) is 8.78 Å². The van der Waals surface area contributed by atoms with Gasteiger partial charge in [-0.25, -0.2) is 8.78 Å². The average Bonchev–Trinajstić information content (AvgIpc) is 1.78. The Balaban J connectivity index is 2.05. The summed E-state index contributed by atoms with van der Waals surface area (Å²) in [4.78, 5) is 0. The summed E-state index contributed by atoms with van der Waals surface area (Å²) in [6, 6.07) is 0. The van der Waals surface area contributed by atoms with E-state index in [0.29, 0.717) is 11.8 Å². The number of hydrogen-bond acceptors (Lipinski definition) is 0. The van der Waals surface area contributed by atoms with Crippen LogP contribution >= 0.6 is 0 Å². The monoisotopic (exact) mass is 162 g/mol. The van der Waals surface area contributed by atoms with Crippen LogP contribution in [0.25, 0.3) is 0 Å². The quantitative estimate of drug-likeness (QED) is 0.596. The minimum atomic E-state index is -2.32. The Morgan fingerprint density at radius 1 is 1.36 bits per heavy atom. The van der Waals surface area contributed by atoms with Crippen LogP contribution in [0.3, 0.4) is 0 Å². The molecule has 66 valence electrons. The fraction of sp³-hybridized carbons (Fsp3) is 1.00. The van der Waals surface area contributed by atoms with Crippen LogP contribution in [0.2, 0.25) is 0 Å². The average molecular weight is 162 g/mol. The summed E-state index contributed by atoms with van der Waals surface area (Å²) in [5, 5.41) is 0. The summed E-state index contributed by atoms with van der Waals surface area (Å²) in [7, 11) is 0. The van der Waals surface area contributed by atoms with E-state index in [1.54, 1.807) is 0 Å². The number of alkyl halides is 2. The van der Waals surface area contributed by atoms with Gasteiger partial charge in [0.05, 0.1) is 0 Å². The first-order valence-electron chi connectivity index (χ1n) is 4.37. The lowest BCUT2D eigenvalue weighted by molar-refractivity contribution is -0.112. The van der Waals surface area contributed by atoms with E-state index >= 15 is 0 Å². The van der Waals surface area contributed by atoms with Gasteiger partial charge in [0.15, 0.2) is 0 Å². The van der Waals surface area contributed by atoms with E-state index in [4.69, 9.17) is 0 Å². The molecule has 1 rings (SSSR count). The fourth-order valence-electron chi connectivity index (χ4n) is 1.56. The highest BCUT2D eigenvalue weighted by Gasteiger charge is 2.44. The Morgan fingerprint density at radius 3 is 2.27 bits per heavy atom. The van der Waals surface area contributed by atoms with Crippen LogP contribution in [0, 0.1) is 11.8 Å². The summed E-state index contributed by atoms with van der Waals surface area (Å²) < 4.78 is 24.6. The third kappa shape index (κ3) is 2.76. The van der Waals surface area contributed by atoms with Gasteiger partial charge >= 0.3 is 0 Å². The van der Waals surface area contributed by atoms with Gasteiger partial charge in [0, 0.05) is 12.8 Å². The maximum absolute atomic E-state index is 12.3. The molecule has 1 saturated carbocycles. The van der Waals surface area contributed by atoms with E-state index in [-0.39, 0.29) is 12.8 Å². The molecule has 0 N–H and O–H groups in total. The zero-order valence-corrected chi connectivity index (χ0v) is 7.24. The molecule has 1 aliphatic rings. The summed E-state index contributed by atoms with van der Waals surface area (Å²) in [6.07, 6.45) is 2.37. The predicted octanol–water partition coefficient (Wildman–Crippen LogP) is 3.47. The van der Waals surface area contributed by atoms with E-state index < -0.39 is 5.92 Å². The molecular formula is C9H16F2. The van der Waals surface area contributed by atoms with Crippen molar-refractivity contribution in [2.45, 2.75) is 45.5 Å². The van der Waals surface area contributed by atoms with Crippen molar-refractivity contribution in [2.75, 3.05) is 0 Å². The van der Waals surface area contributed by atoms with Crippen molar-refractivity contribution >= 4 is 0 Å². The van der Waals surface area contributed by atoms with Crippen LogP contribution in [-0.4, -0.2) is 5.92 Å². The smallest absolute Gasteiger partial charge is 0.207 e. The van der Waals surface area contributed by atoms with Gasteiger partial charge in [0.25, 0.3) is 0 Å². The third-order valence-corrected chi connectivity index (χ3v) is 2.33. The first-order chi connectivity index (χ1) is 4.99. The molecule has 1 aliphatic carbocycles. The largest absolute Gasteiger partial charge is 0.248 e. The third-order valence-electron chi connectivity index (χ3n) is 2.33. The molecule has 0 bridgehead atoms. The van der Waals surface area contributed by atoms with Gasteiger partial charge in [0.2, 0.25) is 5.92 Å². The van der Waals surface area contributed by atoms with E-state index in [1.807, 2.05) is 0 Å². The highest BCUT2D eigenvalue weighted by molar-refractivity contribution is 4.85. The Morgan fingerprint density at radius 2 is 1.91 bits per heavy atom. The maximum atomic E-state index is 12.3. The van der Waals surface area contributed by atoms with Gasteiger partial charge in [-0.3, -0.25) is 0 Å². The molecule has 0 amide bonds. The fourth-order valence-corrected chi connectivity index (χ4v) is 1.56. The van der Waals surface area contributed by atoms with E-state index in [0.717, 1.165) is 12.8 Å². The molecule has 0 aromatic heterocycles. The molecule has 0 heterocycles. The Kier molecular flexibility index (Phi) is 2.50. The molecule has 11 heavy (non-hydrogen) atoms. The topological polar surface area (TPSA) is 0 Å². The van der Waals surface area contributed by atoms with Crippen molar-refractivity contribution in [1.82, 2.24) is 0 Å². The van der Waals surface area contributed by atoms with Crippen LogP contribution in [0.1, 0.15) is 39.5 Å². The Hall–Kier alpha value is -0.140. The molecule has 0 nitrogen and oxygen atoms in total. The van der Waals surface area contributed by atoms with Gasteiger partial charge < -0.3 is 0 Å². The van der Waals surface area contributed by atoms with Crippen molar-refractivity contribution in [1.29, 1.82) is 0 Å². The molecule has 0 atom stereocenters. The minimum Gasteiger partial charge on any atom is -0.207 e. The molecule has 0 radical (unpaired) electrons. The second kappa shape index (κ2) is 3.08. The number of rotatable bonds is 3. The van der Waals surface area contributed by atoms with Crippen molar-refractivity contribution in [3.8, 4) is 0 Å². The molecule has 2 heteroatoms. The molecule has 0 saturated heterocycles. The second-order valence-corrected chi connectivity index (χ2v) is 4.10. The summed E-state index contributed by atoms with van der Waals surface area (Å²) >= 11 is 0. The van der Waals surface area contributed by atoms with Crippen LogP contribution in [-0.2, 0) is 0 Å². The maximum Gasteiger partial charge on any atom is 0.248 e. The SMILES string of the molecule is CC(C)CCC1CC(F)(F)C1. The van der Waals surface area contributed by atoms with Crippen LogP contribution in [0.15, 0.2) is 0 Å². The van der Waals surface area contributed by atoms with Crippen molar-refractivity contribution < 1.29 is 8.78 Å². The molecule has 0 aromatic rings.